The number of nitrogens with one attached hydrogen (secondary N) is 4. The number of rotatable bonds is 19. The Labute approximate surface area is 343 Å². The number of hydrogen-bond donors (Lipinski definition) is 6. The molecule has 0 bridgehead atoms. The van der Waals surface area contributed by atoms with Gasteiger partial charge in [-0.1, -0.05) is 103 Å². The van der Waals surface area contributed by atoms with Gasteiger partial charge in [-0.25, -0.2) is 0 Å². The van der Waals surface area contributed by atoms with Gasteiger partial charge in [-0.05, 0) is 72.7 Å². The fraction of sp³-hybridized carbons (Fsp3) is 0.255. The normalized spacial score (nSPS) is 12.6. The van der Waals surface area contributed by atoms with Crippen molar-refractivity contribution >= 4 is 51.1 Å². The monoisotopic (exact) mass is 794 g/mol. The number of aromatic hydroxyl groups is 1. The van der Waals surface area contributed by atoms with Crippen LogP contribution in [-0.4, -0.2) is 70.3 Å². The Morgan fingerprint density at radius 2 is 1.32 bits per heavy atom. The van der Waals surface area contributed by atoms with E-state index in [0.29, 0.717) is 30.6 Å². The Hall–Kier alpha value is -6.79. The van der Waals surface area contributed by atoms with E-state index in [1.165, 1.54) is 19.1 Å². The number of carbonyl (C=O) groups excluding carboxylic acids is 5. The smallest absolute Gasteiger partial charge is 0.242 e. The first-order chi connectivity index (χ1) is 28.6. The average molecular weight is 795 g/mol. The molecule has 0 radical (unpaired) electrons. The Balaban J connectivity index is 0.972. The second-order valence-electron chi connectivity index (χ2n) is 14.7. The van der Waals surface area contributed by atoms with E-state index in [9.17, 15) is 29.1 Å². The van der Waals surface area contributed by atoms with Crippen LogP contribution in [0, 0.1) is 0 Å². The minimum Gasteiger partial charge on any atom is -0.508 e. The number of phenolic OH excluding ortho intramolecular Hbond substituents is 1. The number of benzene rings is 5. The van der Waals surface area contributed by atoms with E-state index in [0.717, 1.165) is 45.6 Å². The number of unbranched alkanes of at least 4 members (excludes halogenated alkanes) is 2. The first-order valence-electron chi connectivity index (χ1n) is 19.9. The number of aryl methyl sites for hydroxylation is 1. The molecule has 12 heteroatoms. The minimum atomic E-state index is -0.972. The maximum absolute atomic E-state index is 13.9. The Morgan fingerprint density at radius 1 is 0.644 bits per heavy atom. The summed E-state index contributed by atoms with van der Waals surface area (Å²) in [6.07, 6.45) is 4.75. The molecule has 0 saturated carbocycles. The summed E-state index contributed by atoms with van der Waals surface area (Å²) < 4.78 is 2.12. The van der Waals surface area contributed by atoms with Crippen LogP contribution < -0.4 is 27.0 Å². The van der Waals surface area contributed by atoms with Crippen LogP contribution in [0.4, 0.5) is 0 Å². The Kier molecular flexibility index (Phi) is 14.2. The van der Waals surface area contributed by atoms with Crippen LogP contribution in [0.2, 0.25) is 0 Å². The van der Waals surface area contributed by atoms with Crippen molar-refractivity contribution in [1.29, 1.82) is 0 Å². The second-order valence-corrected chi connectivity index (χ2v) is 14.7. The van der Waals surface area contributed by atoms with Gasteiger partial charge in [-0.15, -0.1) is 0 Å². The lowest BCUT2D eigenvalue weighted by atomic mass is 9.97. The van der Waals surface area contributed by atoms with Gasteiger partial charge in [-0.3, -0.25) is 24.0 Å². The van der Waals surface area contributed by atoms with Crippen LogP contribution in [0.25, 0.3) is 21.7 Å². The van der Waals surface area contributed by atoms with Crippen LogP contribution in [0.15, 0.2) is 128 Å². The standard InChI is InChI=1S/C47H50N6O6/c1-31(51-46(58)40(48)27-33-21-23-35(54)24-22-33)45(57)50-29-43(55)52-41(28-32-13-4-2-5-14-32)47(59)49-25-10-3-11-26-53-30-39(37-18-8-9-20-42(37)53)44(56)38-19-12-16-34-15-6-7-17-36(34)38/h2,4-9,12-24,30-31,40-41,54H,3,10-11,25-29,48H2,1H3,(H,49,59)(H,50,57)(H,51,58)(H,52,55)/t31-,40+,41+/m1/s1. The third-order valence-corrected chi connectivity index (χ3v) is 10.3. The first kappa shape index (κ1) is 41.8. The van der Waals surface area contributed by atoms with E-state index in [1.807, 2.05) is 103 Å². The van der Waals surface area contributed by atoms with E-state index in [1.54, 1.807) is 12.1 Å². The topological polar surface area (TPSA) is 185 Å². The molecule has 59 heavy (non-hydrogen) atoms. The van der Waals surface area contributed by atoms with Crippen LogP contribution in [0.5, 0.6) is 5.75 Å². The number of nitrogens with two attached hydrogens (primary N) is 1. The van der Waals surface area contributed by atoms with Gasteiger partial charge in [0, 0.05) is 47.7 Å². The Bertz CT molecular complexity index is 2410. The van der Waals surface area contributed by atoms with Crippen molar-refractivity contribution in [2.45, 2.75) is 63.7 Å². The van der Waals surface area contributed by atoms with E-state index in [4.69, 9.17) is 5.73 Å². The molecule has 304 valence electrons. The number of phenols is 1. The SMILES string of the molecule is C[C@@H](NC(=O)[C@@H](N)Cc1ccc(O)cc1)C(=O)NCC(=O)N[C@@H](Cc1ccccc1)C(=O)NCCCCCn1cc(C(=O)c2cccc3ccccc23)c2ccccc21. The van der Waals surface area contributed by atoms with E-state index in [2.05, 4.69) is 25.8 Å². The number of hydrogen-bond acceptors (Lipinski definition) is 7. The zero-order chi connectivity index (χ0) is 41.7. The van der Waals surface area contributed by atoms with Gasteiger partial charge in [-0.2, -0.15) is 0 Å². The predicted octanol–water partition coefficient (Wildman–Crippen LogP) is 4.94. The summed E-state index contributed by atoms with van der Waals surface area (Å²) in [5.74, 6) is -1.95. The van der Waals surface area contributed by atoms with Crippen molar-refractivity contribution in [2.24, 2.45) is 5.73 Å². The summed E-state index contributed by atoms with van der Waals surface area (Å²) in [6.45, 7) is 2.18. The average Bonchev–Trinajstić information content (AvgIpc) is 3.62. The minimum absolute atomic E-state index is 0.0125. The number of aromatic nitrogens is 1. The summed E-state index contributed by atoms with van der Waals surface area (Å²) in [5, 5.41) is 23.1. The van der Waals surface area contributed by atoms with Crippen molar-refractivity contribution in [3.63, 3.8) is 0 Å². The molecule has 6 rings (SSSR count). The molecule has 6 aromatic rings. The van der Waals surface area contributed by atoms with Gasteiger partial charge in [0.15, 0.2) is 5.78 Å². The molecule has 7 N–H and O–H groups in total. The molecule has 4 amide bonds. The van der Waals surface area contributed by atoms with Crippen molar-refractivity contribution in [3.05, 3.63) is 150 Å². The molecule has 1 heterocycles. The molecule has 0 aliphatic heterocycles. The highest BCUT2D eigenvalue weighted by molar-refractivity contribution is 6.21. The molecule has 12 nitrogen and oxygen atoms in total. The van der Waals surface area contributed by atoms with Gasteiger partial charge in [0.25, 0.3) is 0 Å². The number of amides is 4. The van der Waals surface area contributed by atoms with Gasteiger partial charge < -0.3 is 36.7 Å². The molecule has 0 aliphatic carbocycles. The lowest BCUT2D eigenvalue weighted by Crippen LogP contribution is -2.53. The van der Waals surface area contributed by atoms with Crippen LogP contribution in [0.3, 0.4) is 0 Å². The number of fused-ring (bicyclic) bond motifs is 2. The van der Waals surface area contributed by atoms with Crippen LogP contribution in [-0.2, 0) is 38.6 Å². The third-order valence-electron chi connectivity index (χ3n) is 10.3. The maximum Gasteiger partial charge on any atom is 0.242 e. The fourth-order valence-electron chi connectivity index (χ4n) is 7.09. The molecular weight excluding hydrogens is 745 g/mol. The van der Waals surface area contributed by atoms with Gasteiger partial charge >= 0.3 is 0 Å². The van der Waals surface area contributed by atoms with E-state index < -0.39 is 42.4 Å². The van der Waals surface area contributed by atoms with Crippen molar-refractivity contribution in [2.75, 3.05) is 13.1 Å². The molecule has 5 aromatic carbocycles. The summed E-state index contributed by atoms with van der Waals surface area (Å²) in [4.78, 5) is 65.7. The predicted molar refractivity (Wildman–Crippen MR) is 229 cm³/mol. The highest BCUT2D eigenvalue weighted by Crippen LogP contribution is 2.27. The summed E-state index contributed by atoms with van der Waals surface area (Å²) in [7, 11) is 0. The number of ketones is 1. The molecule has 3 atom stereocenters. The summed E-state index contributed by atoms with van der Waals surface area (Å²) in [5.41, 5.74) is 9.96. The van der Waals surface area contributed by atoms with Crippen molar-refractivity contribution < 1.29 is 29.1 Å². The van der Waals surface area contributed by atoms with E-state index >= 15 is 0 Å². The molecule has 0 unspecified atom stereocenters. The highest BCUT2D eigenvalue weighted by atomic mass is 16.3. The molecule has 0 saturated heterocycles. The van der Waals surface area contributed by atoms with E-state index in [-0.39, 0.29) is 30.3 Å². The van der Waals surface area contributed by atoms with Crippen LogP contribution in [0.1, 0.15) is 53.2 Å². The quantitative estimate of drug-likeness (QED) is 0.0496. The van der Waals surface area contributed by atoms with Gasteiger partial charge in [0.05, 0.1) is 12.6 Å². The van der Waals surface area contributed by atoms with Gasteiger partial charge in [0.2, 0.25) is 23.6 Å². The second kappa shape index (κ2) is 20.1. The highest BCUT2D eigenvalue weighted by Gasteiger charge is 2.24. The van der Waals surface area contributed by atoms with Crippen molar-refractivity contribution in [1.82, 2.24) is 25.8 Å². The zero-order valence-corrected chi connectivity index (χ0v) is 33.0. The molecule has 0 spiro atoms. The largest absolute Gasteiger partial charge is 0.508 e. The molecular formula is C47H50N6O6. The molecule has 1 aromatic heterocycles. The maximum atomic E-state index is 13.9. The lowest BCUT2D eigenvalue weighted by molar-refractivity contribution is -0.131. The zero-order valence-electron chi connectivity index (χ0n) is 33.0. The number of carbonyl (C=O) groups is 5. The first-order valence-corrected chi connectivity index (χ1v) is 19.9. The fourth-order valence-corrected chi connectivity index (χ4v) is 7.09. The van der Waals surface area contributed by atoms with Crippen LogP contribution >= 0.6 is 0 Å². The number of nitrogens with zero attached hydrogens (tertiary/aromatic N) is 1. The number of para-hydroxylation sites is 1. The van der Waals surface area contributed by atoms with Gasteiger partial charge in [0.1, 0.15) is 17.8 Å². The molecule has 0 fully saturated rings. The summed E-state index contributed by atoms with van der Waals surface area (Å²) in [6, 6.07) is 34.5. The molecule has 0 aliphatic rings. The Morgan fingerprint density at radius 3 is 2.10 bits per heavy atom. The lowest BCUT2D eigenvalue weighted by Gasteiger charge is -2.20. The van der Waals surface area contributed by atoms with Crippen molar-refractivity contribution in [3.8, 4) is 5.75 Å². The third kappa shape index (κ3) is 11.2. The summed E-state index contributed by atoms with van der Waals surface area (Å²) >= 11 is 0.